The van der Waals surface area contributed by atoms with Crippen molar-refractivity contribution in [1.29, 1.82) is 0 Å². The van der Waals surface area contributed by atoms with Crippen molar-refractivity contribution < 1.29 is 27.9 Å². The van der Waals surface area contributed by atoms with Crippen LogP contribution >= 0.6 is 0 Å². The summed E-state index contributed by atoms with van der Waals surface area (Å²) in [7, 11) is 1.29. The lowest BCUT2D eigenvalue weighted by atomic mass is 9.85. The Hall–Kier alpha value is -4.82. The van der Waals surface area contributed by atoms with Crippen molar-refractivity contribution in [2.75, 3.05) is 7.05 Å². The molecule has 3 aliphatic rings. The van der Waals surface area contributed by atoms with Crippen molar-refractivity contribution in [2.45, 2.75) is 84.8 Å². The second-order valence-electron chi connectivity index (χ2n) is 14.6. The highest BCUT2D eigenvalue weighted by atomic mass is 19.1. The molecule has 0 bridgehead atoms. The van der Waals surface area contributed by atoms with Gasteiger partial charge in [0.05, 0.1) is 22.7 Å². The van der Waals surface area contributed by atoms with Crippen LogP contribution in [0.4, 0.5) is 13.6 Å². The van der Waals surface area contributed by atoms with Crippen LogP contribution in [0.3, 0.4) is 0 Å². The molecule has 4 unspecified atom stereocenters. The number of fused-ring (bicyclic) bond motifs is 1. The summed E-state index contributed by atoms with van der Waals surface area (Å²) in [5, 5.41) is 7.76. The number of carbonyl (C=O) groups excluding carboxylic acids is 3. The van der Waals surface area contributed by atoms with E-state index in [-0.39, 0.29) is 34.1 Å². The highest BCUT2D eigenvalue weighted by Crippen LogP contribution is 2.45. The van der Waals surface area contributed by atoms with E-state index >= 15 is 4.39 Å². The van der Waals surface area contributed by atoms with Gasteiger partial charge in [0.15, 0.2) is 0 Å². The van der Waals surface area contributed by atoms with E-state index in [0.717, 1.165) is 28.7 Å². The third-order valence-corrected chi connectivity index (χ3v) is 9.39. The number of rotatable bonds is 8. The summed E-state index contributed by atoms with van der Waals surface area (Å²) < 4.78 is 36.3. The third-order valence-electron chi connectivity index (χ3n) is 9.39. The summed E-state index contributed by atoms with van der Waals surface area (Å²) in [6, 6.07) is 2.93. The van der Waals surface area contributed by atoms with Crippen LogP contribution in [0.25, 0.3) is 11.1 Å². The quantitative estimate of drug-likeness (QED) is 0.171. The van der Waals surface area contributed by atoms with Crippen molar-refractivity contribution in [3.63, 3.8) is 0 Å². The van der Waals surface area contributed by atoms with E-state index in [1.807, 2.05) is 38.2 Å². The molecule has 2 aromatic heterocycles. The van der Waals surface area contributed by atoms with Crippen molar-refractivity contribution >= 4 is 29.0 Å². The largest absolute Gasteiger partial charge is 0.443 e. The minimum atomic E-state index is -0.873. The molecule has 50 heavy (non-hydrogen) atoms. The third kappa shape index (κ3) is 7.97. The predicted octanol–water partition coefficient (Wildman–Crippen LogP) is 8.55. The number of allylic oxidation sites excluding steroid dienone is 9. The first-order valence-corrected chi connectivity index (χ1v) is 17.1. The number of pyridine rings is 1. The standard InChI is InChI=1S/C40H46F2N4O4/c1-24(14-15-25(2)36(47)43-40(18-19-40)29-12-10-9-11-13-29)20-26(3)28-22-32-34(37(48)45(8)38(49)50-39(5,6)7)35(44-46(32)33(42)23-28)31-17-16-30(41)21-27(31)4/h9-12,14-17,21-23,25,27,29,31H,13,18-19H2,1-8H3,(H,43,47). The fourth-order valence-electron chi connectivity index (χ4n) is 6.35. The smallest absolute Gasteiger partial charge is 0.417 e. The Morgan fingerprint density at radius 1 is 1.16 bits per heavy atom. The molecule has 8 nitrogen and oxygen atoms in total. The normalized spacial score (nSPS) is 21.4. The Kier molecular flexibility index (Phi) is 10.4. The maximum Gasteiger partial charge on any atom is 0.417 e. The zero-order chi connectivity index (χ0) is 36.5. The van der Waals surface area contributed by atoms with Gasteiger partial charge in [-0.2, -0.15) is 9.49 Å². The van der Waals surface area contributed by atoms with Gasteiger partial charge in [0.1, 0.15) is 11.4 Å². The average Bonchev–Trinajstić information content (AvgIpc) is 3.73. The topological polar surface area (TPSA) is 93.0 Å². The lowest BCUT2D eigenvalue weighted by Gasteiger charge is -2.27. The summed E-state index contributed by atoms with van der Waals surface area (Å²) >= 11 is 0. The zero-order valence-corrected chi connectivity index (χ0v) is 30.0. The predicted molar refractivity (Wildman–Crippen MR) is 190 cm³/mol. The van der Waals surface area contributed by atoms with Crippen LogP contribution in [0.2, 0.25) is 0 Å². The van der Waals surface area contributed by atoms with Gasteiger partial charge in [-0.05, 0) is 94.7 Å². The summed E-state index contributed by atoms with van der Waals surface area (Å²) in [4.78, 5) is 40.9. The molecule has 2 aromatic rings. The van der Waals surface area contributed by atoms with Gasteiger partial charge in [-0.1, -0.05) is 56.4 Å². The van der Waals surface area contributed by atoms with Gasteiger partial charge < -0.3 is 10.1 Å². The second-order valence-corrected chi connectivity index (χ2v) is 14.6. The summed E-state index contributed by atoms with van der Waals surface area (Å²) in [5.41, 5.74) is 4.34. The fraction of sp³-hybridized carbons (Fsp3) is 0.425. The van der Waals surface area contributed by atoms with E-state index in [1.165, 1.54) is 25.3 Å². The number of nitrogens with one attached hydrogen (secondary N) is 1. The van der Waals surface area contributed by atoms with Crippen LogP contribution in [0.15, 0.2) is 83.9 Å². The maximum absolute atomic E-state index is 15.8. The van der Waals surface area contributed by atoms with Crippen LogP contribution in [-0.2, 0) is 9.53 Å². The lowest BCUT2D eigenvalue weighted by Crippen LogP contribution is -2.44. The maximum atomic E-state index is 15.8. The molecule has 5 rings (SSSR count). The molecular formula is C40H46F2N4O4. The van der Waals surface area contributed by atoms with Crippen LogP contribution in [-0.4, -0.2) is 50.6 Å². The molecular weight excluding hydrogens is 638 g/mol. The van der Waals surface area contributed by atoms with Crippen LogP contribution in [0.1, 0.15) is 95.3 Å². The van der Waals surface area contributed by atoms with Crippen molar-refractivity contribution in [3.8, 4) is 0 Å². The molecule has 1 saturated carbocycles. The van der Waals surface area contributed by atoms with Gasteiger partial charge in [0, 0.05) is 30.5 Å². The van der Waals surface area contributed by atoms with E-state index in [9.17, 15) is 18.8 Å². The number of aromatic nitrogens is 2. The Bertz CT molecular complexity index is 1930. The molecule has 0 aromatic carbocycles. The van der Waals surface area contributed by atoms with Crippen LogP contribution < -0.4 is 5.32 Å². The van der Waals surface area contributed by atoms with Crippen LogP contribution in [0.5, 0.6) is 0 Å². The van der Waals surface area contributed by atoms with E-state index in [4.69, 9.17) is 4.74 Å². The van der Waals surface area contributed by atoms with E-state index in [1.54, 1.807) is 46.8 Å². The van der Waals surface area contributed by atoms with E-state index in [2.05, 4.69) is 28.3 Å². The monoisotopic (exact) mass is 684 g/mol. The summed E-state index contributed by atoms with van der Waals surface area (Å²) in [5.74, 6) is -2.94. The van der Waals surface area contributed by atoms with Crippen molar-refractivity contribution in [1.82, 2.24) is 19.8 Å². The molecule has 0 aliphatic heterocycles. The van der Waals surface area contributed by atoms with Crippen molar-refractivity contribution in [3.05, 3.63) is 107 Å². The molecule has 264 valence electrons. The second kappa shape index (κ2) is 14.2. The van der Waals surface area contributed by atoms with Gasteiger partial charge in [0.25, 0.3) is 5.91 Å². The highest BCUT2D eigenvalue weighted by Gasteiger charge is 2.49. The lowest BCUT2D eigenvalue weighted by molar-refractivity contribution is -0.124. The molecule has 0 saturated heterocycles. The first-order valence-electron chi connectivity index (χ1n) is 17.1. The summed E-state index contributed by atoms with van der Waals surface area (Å²) in [6.07, 6.45) is 18.3. The van der Waals surface area contributed by atoms with Crippen molar-refractivity contribution in [2.24, 2.45) is 17.8 Å². The van der Waals surface area contributed by atoms with Gasteiger partial charge in [-0.15, -0.1) is 5.73 Å². The molecule has 0 radical (unpaired) electrons. The molecule has 1 fully saturated rings. The number of carbonyl (C=O) groups is 3. The average molecular weight is 685 g/mol. The Morgan fingerprint density at radius 2 is 1.88 bits per heavy atom. The minimum Gasteiger partial charge on any atom is -0.443 e. The molecule has 2 heterocycles. The first kappa shape index (κ1) is 36.5. The van der Waals surface area contributed by atoms with Gasteiger partial charge in [-0.25, -0.2) is 18.6 Å². The highest BCUT2D eigenvalue weighted by molar-refractivity contribution is 6.08. The number of amides is 3. The van der Waals surface area contributed by atoms with Crippen LogP contribution in [0, 0.1) is 23.7 Å². The number of imide groups is 1. The zero-order valence-electron chi connectivity index (χ0n) is 30.0. The Morgan fingerprint density at radius 3 is 2.50 bits per heavy atom. The first-order chi connectivity index (χ1) is 23.5. The molecule has 10 heteroatoms. The number of halogens is 2. The number of hydrogen-bond acceptors (Lipinski definition) is 5. The molecule has 1 N–H and O–H groups in total. The fourth-order valence-corrected chi connectivity index (χ4v) is 6.35. The molecule has 0 spiro atoms. The number of nitrogens with zero attached hydrogens (tertiary/aromatic N) is 3. The molecule has 3 aliphatic carbocycles. The number of hydrogen-bond donors (Lipinski definition) is 1. The van der Waals surface area contributed by atoms with E-state index in [0.29, 0.717) is 22.6 Å². The molecule has 4 atom stereocenters. The van der Waals surface area contributed by atoms with Gasteiger partial charge in [0.2, 0.25) is 11.9 Å². The Balaban J connectivity index is 1.46. The van der Waals surface area contributed by atoms with Gasteiger partial charge >= 0.3 is 6.09 Å². The van der Waals surface area contributed by atoms with E-state index < -0.39 is 41.2 Å². The molecule has 3 amide bonds. The SMILES string of the molecule is CC(=C=C(C)c1cc(F)n2nc(C3C=CC(F)=CC3C)c(C(=O)N(C)C(=O)OC(C)(C)C)c2c1)C=CC(C)C(=O)NC1(C2C=CC=CC2)CC1. The summed E-state index contributed by atoms with van der Waals surface area (Å²) in [6.45, 7) is 12.3. The minimum absolute atomic E-state index is 0.0118. The Labute approximate surface area is 292 Å². The number of ether oxygens (including phenoxy) is 1. The van der Waals surface area contributed by atoms with Gasteiger partial charge in [-0.3, -0.25) is 9.59 Å².